The Kier molecular flexibility index (Phi) is 5.87. The third kappa shape index (κ3) is 4.57. The number of aliphatic hydroxyl groups excluding tert-OH is 1. The molecule has 0 unspecified atom stereocenters. The maximum Gasteiger partial charge on any atom is 0.416 e. The van der Waals surface area contributed by atoms with Crippen molar-refractivity contribution in [1.82, 2.24) is 9.80 Å². The fourth-order valence-corrected chi connectivity index (χ4v) is 3.95. The van der Waals surface area contributed by atoms with Crippen molar-refractivity contribution in [2.75, 3.05) is 39.3 Å². The van der Waals surface area contributed by atoms with Gasteiger partial charge in [0.2, 0.25) is 5.91 Å². The summed E-state index contributed by atoms with van der Waals surface area (Å²) in [6.07, 6.45) is -1.87. The lowest BCUT2D eigenvalue weighted by atomic mass is 9.96. The van der Waals surface area contributed by atoms with E-state index in [2.05, 4.69) is 4.90 Å². The molecule has 0 bridgehead atoms. The number of benzene rings is 1. The number of halogens is 3. The molecule has 1 amide bonds. The monoisotopic (exact) mass is 370 g/mol. The smallest absolute Gasteiger partial charge is 0.396 e. The van der Waals surface area contributed by atoms with E-state index in [1.54, 1.807) is 4.90 Å². The Morgan fingerprint density at radius 2 is 1.69 bits per heavy atom. The fraction of sp³-hybridized carbons (Fsp3) is 0.632. The number of hydrogen-bond acceptors (Lipinski definition) is 3. The fourth-order valence-electron chi connectivity index (χ4n) is 3.95. The van der Waals surface area contributed by atoms with Gasteiger partial charge in [-0.15, -0.1) is 0 Å². The molecule has 2 atom stereocenters. The van der Waals surface area contributed by atoms with Crippen LogP contribution in [0.15, 0.2) is 24.3 Å². The second-order valence-electron chi connectivity index (χ2n) is 7.38. The van der Waals surface area contributed by atoms with E-state index in [1.807, 2.05) is 0 Å². The standard InChI is InChI=1S/C19H25F3N2O2/c20-19(21,22)17-5-3-14(4-6-17)9-18(26)24-11-15(16(12-24)13-25)10-23-7-1-2-8-23/h3-6,15-16,25H,1-2,7-13H2/t15-,16-/m1/s1. The van der Waals surface area contributed by atoms with Gasteiger partial charge in [0.1, 0.15) is 0 Å². The van der Waals surface area contributed by atoms with E-state index < -0.39 is 11.7 Å². The number of alkyl halides is 3. The summed E-state index contributed by atoms with van der Waals surface area (Å²) in [7, 11) is 0. The van der Waals surface area contributed by atoms with Crippen LogP contribution in [0.3, 0.4) is 0 Å². The van der Waals surface area contributed by atoms with E-state index >= 15 is 0 Å². The minimum Gasteiger partial charge on any atom is -0.396 e. The van der Waals surface area contributed by atoms with E-state index in [4.69, 9.17) is 0 Å². The first kappa shape index (κ1) is 19.2. The number of carbonyl (C=O) groups excluding carboxylic acids is 1. The van der Waals surface area contributed by atoms with E-state index in [1.165, 1.54) is 25.0 Å². The Balaban J connectivity index is 1.57. The van der Waals surface area contributed by atoms with Crippen molar-refractivity contribution in [3.8, 4) is 0 Å². The molecule has 2 aliphatic heterocycles. The highest BCUT2D eigenvalue weighted by atomic mass is 19.4. The number of rotatable bonds is 5. The summed E-state index contributed by atoms with van der Waals surface area (Å²) in [5, 5.41) is 9.64. The lowest BCUT2D eigenvalue weighted by molar-refractivity contribution is -0.137. The van der Waals surface area contributed by atoms with Gasteiger partial charge in [0.15, 0.2) is 0 Å². The Bertz CT molecular complexity index is 612. The van der Waals surface area contributed by atoms with Gasteiger partial charge in [-0.25, -0.2) is 0 Å². The summed E-state index contributed by atoms with van der Waals surface area (Å²) >= 11 is 0. The predicted molar refractivity (Wildman–Crippen MR) is 91.5 cm³/mol. The molecule has 1 aromatic rings. The molecule has 26 heavy (non-hydrogen) atoms. The van der Waals surface area contributed by atoms with Crippen molar-refractivity contribution in [1.29, 1.82) is 0 Å². The van der Waals surface area contributed by atoms with Crippen molar-refractivity contribution in [3.63, 3.8) is 0 Å². The first-order valence-electron chi connectivity index (χ1n) is 9.14. The van der Waals surface area contributed by atoms with Crippen molar-refractivity contribution < 1.29 is 23.1 Å². The van der Waals surface area contributed by atoms with Gasteiger partial charge in [-0.1, -0.05) is 12.1 Å². The zero-order chi connectivity index (χ0) is 18.7. The number of aliphatic hydroxyl groups is 1. The summed E-state index contributed by atoms with van der Waals surface area (Å²) in [6, 6.07) is 4.75. The summed E-state index contributed by atoms with van der Waals surface area (Å²) in [5.41, 5.74) is -0.132. The van der Waals surface area contributed by atoms with Crippen molar-refractivity contribution >= 4 is 5.91 Å². The Labute approximate surface area is 151 Å². The molecule has 3 rings (SSSR count). The SMILES string of the molecule is O=C(Cc1ccc(C(F)(F)F)cc1)N1C[C@@H](CN2CCCC2)[C@@H](CO)C1. The molecule has 1 N–H and O–H groups in total. The highest BCUT2D eigenvalue weighted by Crippen LogP contribution is 2.30. The first-order valence-corrected chi connectivity index (χ1v) is 9.14. The van der Waals surface area contributed by atoms with E-state index in [-0.39, 0.29) is 30.8 Å². The molecule has 1 aromatic carbocycles. The molecule has 7 heteroatoms. The van der Waals surface area contributed by atoms with Gasteiger partial charge < -0.3 is 14.9 Å². The maximum absolute atomic E-state index is 12.6. The normalized spacial score (nSPS) is 24.4. The second-order valence-corrected chi connectivity index (χ2v) is 7.38. The second kappa shape index (κ2) is 7.96. The molecule has 144 valence electrons. The van der Waals surface area contributed by atoms with Crippen LogP contribution in [-0.4, -0.2) is 60.1 Å². The molecule has 2 aliphatic rings. The van der Waals surface area contributed by atoms with Crippen molar-refractivity contribution in [2.24, 2.45) is 11.8 Å². The predicted octanol–water partition coefficient (Wildman–Crippen LogP) is 2.41. The molecule has 0 spiro atoms. The zero-order valence-corrected chi connectivity index (χ0v) is 14.7. The molecule has 4 nitrogen and oxygen atoms in total. The van der Waals surface area contributed by atoms with Crippen LogP contribution >= 0.6 is 0 Å². The average Bonchev–Trinajstić information content (AvgIpc) is 3.24. The molecule has 0 aromatic heterocycles. The minimum absolute atomic E-state index is 0.0581. The molecule has 0 aliphatic carbocycles. The lowest BCUT2D eigenvalue weighted by Crippen LogP contribution is -2.33. The van der Waals surface area contributed by atoms with Gasteiger partial charge in [0.05, 0.1) is 12.0 Å². The number of carbonyl (C=O) groups is 1. The van der Waals surface area contributed by atoms with Crippen molar-refractivity contribution in [3.05, 3.63) is 35.4 Å². The molecule has 0 saturated carbocycles. The van der Waals surface area contributed by atoms with Crippen LogP contribution in [0.25, 0.3) is 0 Å². The van der Waals surface area contributed by atoms with Crippen LogP contribution in [0.2, 0.25) is 0 Å². The first-order chi connectivity index (χ1) is 12.4. The molecule has 2 saturated heterocycles. The van der Waals surface area contributed by atoms with Crippen LogP contribution in [0, 0.1) is 11.8 Å². The number of likely N-dealkylation sites (tertiary alicyclic amines) is 2. The zero-order valence-electron chi connectivity index (χ0n) is 14.7. The van der Waals surface area contributed by atoms with Crippen LogP contribution in [0.1, 0.15) is 24.0 Å². The van der Waals surface area contributed by atoms with Crippen LogP contribution in [0.4, 0.5) is 13.2 Å². The van der Waals surface area contributed by atoms with Crippen LogP contribution in [-0.2, 0) is 17.4 Å². The third-order valence-electron chi connectivity index (χ3n) is 5.49. The number of nitrogens with zero attached hydrogens (tertiary/aromatic N) is 2. The maximum atomic E-state index is 12.6. The molecular weight excluding hydrogens is 345 g/mol. The summed E-state index contributed by atoms with van der Waals surface area (Å²) in [6.45, 7) is 4.25. The summed E-state index contributed by atoms with van der Waals surface area (Å²) in [5.74, 6) is 0.244. The minimum atomic E-state index is -4.37. The van der Waals surface area contributed by atoms with Gasteiger partial charge in [-0.3, -0.25) is 4.79 Å². The van der Waals surface area contributed by atoms with Gasteiger partial charge in [-0.05, 0) is 49.5 Å². The van der Waals surface area contributed by atoms with Gasteiger partial charge in [0.25, 0.3) is 0 Å². The molecule has 2 heterocycles. The summed E-state index contributed by atoms with van der Waals surface area (Å²) < 4.78 is 37.9. The van der Waals surface area contributed by atoms with E-state index in [0.29, 0.717) is 18.7 Å². The Morgan fingerprint density at radius 3 is 2.27 bits per heavy atom. The highest BCUT2D eigenvalue weighted by Gasteiger charge is 2.36. The summed E-state index contributed by atoms with van der Waals surface area (Å²) in [4.78, 5) is 16.7. The topological polar surface area (TPSA) is 43.8 Å². The lowest BCUT2D eigenvalue weighted by Gasteiger charge is -2.22. The van der Waals surface area contributed by atoms with E-state index in [0.717, 1.165) is 31.8 Å². The highest BCUT2D eigenvalue weighted by molar-refractivity contribution is 5.79. The van der Waals surface area contributed by atoms with E-state index in [9.17, 15) is 23.1 Å². The van der Waals surface area contributed by atoms with Crippen LogP contribution in [0.5, 0.6) is 0 Å². The quantitative estimate of drug-likeness (QED) is 0.866. The van der Waals surface area contributed by atoms with Gasteiger partial charge in [-0.2, -0.15) is 13.2 Å². The average molecular weight is 370 g/mol. The Hall–Kier alpha value is -1.60. The third-order valence-corrected chi connectivity index (χ3v) is 5.49. The van der Waals surface area contributed by atoms with Gasteiger partial charge in [0, 0.05) is 32.2 Å². The largest absolute Gasteiger partial charge is 0.416 e. The van der Waals surface area contributed by atoms with Crippen molar-refractivity contribution in [2.45, 2.75) is 25.4 Å². The van der Waals surface area contributed by atoms with Gasteiger partial charge >= 0.3 is 6.18 Å². The van der Waals surface area contributed by atoms with Crippen LogP contribution < -0.4 is 0 Å². The number of hydrogen-bond donors (Lipinski definition) is 1. The molecule has 0 radical (unpaired) electrons. The Morgan fingerprint density at radius 1 is 1.08 bits per heavy atom. The number of amides is 1. The molecular formula is C19H25F3N2O2. The molecule has 2 fully saturated rings.